The molecule has 1 nitrogen and oxygen atoms in total. The van der Waals surface area contributed by atoms with Crippen LogP contribution in [-0.4, -0.2) is 15.0 Å². The average molecular weight is 228 g/mol. The van der Waals surface area contributed by atoms with Crippen molar-refractivity contribution < 1.29 is 0 Å². The van der Waals surface area contributed by atoms with Gasteiger partial charge in [0.1, 0.15) is 0 Å². The topological polar surface area (TPSA) is 26.0 Å². The van der Waals surface area contributed by atoms with E-state index in [1.54, 1.807) is 0 Å². The van der Waals surface area contributed by atoms with Crippen molar-refractivity contribution in [2.24, 2.45) is 5.73 Å². The van der Waals surface area contributed by atoms with Gasteiger partial charge in [0.2, 0.25) is 0 Å². The van der Waals surface area contributed by atoms with E-state index in [-0.39, 0.29) is 6.04 Å². The van der Waals surface area contributed by atoms with Crippen molar-refractivity contribution in [1.29, 1.82) is 0 Å². The van der Waals surface area contributed by atoms with Gasteiger partial charge in [-0.25, -0.2) is 0 Å². The summed E-state index contributed by atoms with van der Waals surface area (Å²) in [7, 11) is 0. The quantitative estimate of drug-likeness (QED) is 0.779. The average Bonchev–Trinajstić information content (AvgIpc) is 2.05. The molecule has 66 valence electrons. The van der Waals surface area contributed by atoms with E-state index in [0.29, 0.717) is 15.0 Å². The SMILES string of the molecule is CC[Se]c1cccc(C(C)N)c1. The first-order valence-corrected chi connectivity index (χ1v) is 6.29. The van der Waals surface area contributed by atoms with E-state index in [4.69, 9.17) is 5.73 Å². The van der Waals surface area contributed by atoms with Gasteiger partial charge in [-0.15, -0.1) is 0 Å². The minimum absolute atomic E-state index is 0.164. The van der Waals surface area contributed by atoms with Gasteiger partial charge in [-0.1, -0.05) is 0 Å². The van der Waals surface area contributed by atoms with Gasteiger partial charge in [0.05, 0.1) is 0 Å². The molecule has 2 heteroatoms. The van der Waals surface area contributed by atoms with Crippen molar-refractivity contribution in [2.75, 3.05) is 0 Å². The Morgan fingerprint density at radius 3 is 2.83 bits per heavy atom. The zero-order chi connectivity index (χ0) is 8.97. The molecule has 1 unspecified atom stereocenters. The summed E-state index contributed by atoms with van der Waals surface area (Å²) in [6, 6.07) is 8.78. The van der Waals surface area contributed by atoms with Crippen LogP contribution in [0.4, 0.5) is 0 Å². The van der Waals surface area contributed by atoms with Crippen LogP contribution in [0.15, 0.2) is 24.3 Å². The first kappa shape index (κ1) is 9.78. The summed E-state index contributed by atoms with van der Waals surface area (Å²) in [5, 5.41) is 1.26. The number of hydrogen-bond acceptors (Lipinski definition) is 1. The molecule has 2 N–H and O–H groups in total. The second kappa shape index (κ2) is 4.66. The third-order valence-electron chi connectivity index (χ3n) is 1.69. The summed E-state index contributed by atoms with van der Waals surface area (Å²) in [5.41, 5.74) is 7.04. The third kappa shape index (κ3) is 2.63. The Balaban J connectivity index is 2.81. The van der Waals surface area contributed by atoms with Crippen LogP contribution in [0, 0.1) is 0 Å². The van der Waals surface area contributed by atoms with Crippen LogP contribution in [0.5, 0.6) is 0 Å². The predicted octanol–water partition coefficient (Wildman–Crippen LogP) is 1.47. The zero-order valence-corrected chi connectivity index (χ0v) is 9.29. The summed E-state index contributed by atoms with van der Waals surface area (Å²) >= 11 is 0.630. The number of benzene rings is 1. The van der Waals surface area contributed by atoms with Crippen molar-refractivity contribution >= 4 is 19.4 Å². The van der Waals surface area contributed by atoms with Crippen molar-refractivity contribution in [3.8, 4) is 0 Å². The number of hydrogen-bond donors (Lipinski definition) is 1. The molecule has 1 rings (SSSR count). The van der Waals surface area contributed by atoms with Crippen LogP contribution in [0.1, 0.15) is 25.5 Å². The van der Waals surface area contributed by atoms with Crippen LogP contribution in [0.25, 0.3) is 0 Å². The molecule has 0 aliphatic carbocycles. The molecule has 1 aromatic rings. The van der Waals surface area contributed by atoms with Gasteiger partial charge < -0.3 is 0 Å². The molecule has 0 aromatic heterocycles. The number of nitrogens with two attached hydrogens (primary N) is 1. The molecule has 1 aromatic carbocycles. The molecule has 0 bridgehead atoms. The molecule has 0 fully saturated rings. The molecule has 0 aliphatic rings. The van der Waals surface area contributed by atoms with Crippen LogP contribution >= 0.6 is 0 Å². The van der Waals surface area contributed by atoms with Crippen LogP contribution in [0.2, 0.25) is 5.32 Å². The van der Waals surface area contributed by atoms with E-state index in [1.807, 2.05) is 6.92 Å². The fourth-order valence-electron chi connectivity index (χ4n) is 1.05. The summed E-state index contributed by atoms with van der Waals surface area (Å²) < 4.78 is 1.46. The van der Waals surface area contributed by atoms with Crippen LogP contribution in [0.3, 0.4) is 0 Å². The van der Waals surface area contributed by atoms with Crippen molar-refractivity contribution in [1.82, 2.24) is 0 Å². The molecule has 0 saturated carbocycles. The third-order valence-corrected chi connectivity index (χ3v) is 3.53. The van der Waals surface area contributed by atoms with Crippen LogP contribution in [-0.2, 0) is 0 Å². The fourth-order valence-corrected chi connectivity index (χ4v) is 2.58. The molecule has 0 radical (unpaired) electrons. The Bertz CT molecular complexity index is 245. The Labute approximate surface area is 80.5 Å². The van der Waals surface area contributed by atoms with E-state index < -0.39 is 0 Å². The molecule has 0 spiro atoms. The maximum absolute atomic E-state index is 5.79. The molecule has 0 heterocycles. The van der Waals surface area contributed by atoms with Crippen molar-refractivity contribution in [3.05, 3.63) is 29.8 Å². The molecule has 1 atom stereocenters. The van der Waals surface area contributed by atoms with Gasteiger partial charge in [-0.3, -0.25) is 0 Å². The van der Waals surface area contributed by atoms with E-state index in [0.717, 1.165) is 0 Å². The maximum atomic E-state index is 5.79. The van der Waals surface area contributed by atoms with E-state index in [1.165, 1.54) is 15.3 Å². The van der Waals surface area contributed by atoms with Gasteiger partial charge in [-0.2, -0.15) is 0 Å². The Morgan fingerprint density at radius 2 is 2.25 bits per heavy atom. The van der Waals surface area contributed by atoms with Gasteiger partial charge in [-0.05, 0) is 0 Å². The van der Waals surface area contributed by atoms with Gasteiger partial charge in [0, 0.05) is 0 Å². The number of rotatable bonds is 3. The normalized spacial score (nSPS) is 12.9. The zero-order valence-electron chi connectivity index (χ0n) is 7.58. The summed E-state index contributed by atoms with van der Waals surface area (Å²) in [5.74, 6) is 0. The Hall–Kier alpha value is -0.301. The summed E-state index contributed by atoms with van der Waals surface area (Å²) in [4.78, 5) is 0. The van der Waals surface area contributed by atoms with E-state index in [2.05, 4.69) is 31.2 Å². The second-order valence-corrected chi connectivity index (χ2v) is 5.60. The minimum atomic E-state index is 0.164. The van der Waals surface area contributed by atoms with Gasteiger partial charge in [0.25, 0.3) is 0 Å². The fraction of sp³-hybridized carbons (Fsp3) is 0.400. The molecule has 0 amide bonds. The molecule has 12 heavy (non-hydrogen) atoms. The Morgan fingerprint density at radius 1 is 1.50 bits per heavy atom. The first-order chi connectivity index (χ1) is 5.74. The van der Waals surface area contributed by atoms with Gasteiger partial charge >= 0.3 is 80.2 Å². The Kier molecular flexibility index (Phi) is 3.80. The first-order valence-electron chi connectivity index (χ1n) is 4.22. The summed E-state index contributed by atoms with van der Waals surface area (Å²) in [6.45, 7) is 4.25. The second-order valence-electron chi connectivity index (χ2n) is 2.79. The molecule has 0 saturated heterocycles. The standard InChI is InChI=1S/C10H15NSe/c1-3-12-10-6-4-5-9(7-10)8(2)11/h4-8H,3,11H2,1-2H3. The van der Waals surface area contributed by atoms with Crippen molar-refractivity contribution in [2.45, 2.75) is 25.2 Å². The van der Waals surface area contributed by atoms with E-state index >= 15 is 0 Å². The molecule has 0 aliphatic heterocycles. The van der Waals surface area contributed by atoms with E-state index in [9.17, 15) is 0 Å². The molecular weight excluding hydrogens is 213 g/mol. The van der Waals surface area contributed by atoms with Crippen molar-refractivity contribution in [3.63, 3.8) is 0 Å². The molecular formula is C10H15NSe. The summed E-state index contributed by atoms with van der Waals surface area (Å²) in [6.07, 6.45) is 0. The predicted molar refractivity (Wildman–Crippen MR) is 54.9 cm³/mol. The van der Waals surface area contributed by atoms with Crippen LogP contribution < -0.4 is 10.2 Å². The van der Waals surface area contributed by atoms with Gasteiger partial charge in [0.15, 0.2) is 0 Å². The monoisotopic (exact) mass is 229 g/mol.